The van der Waals surface area contributed by atoms with E-state index in [1.54, 1.807) is 18.2 Å². The van der Waals surface area contributed by atoms with Gasteiger partial charge in [0.05, 0.1) is 29.8 Å². The van der Waals surface area contributed by atoms with Gasteiger partial charge in [-0.1, -0.05) is 23.4 Å². The van der Waals surface area contributed by atoms with Crippen molar-refractivity contribution in [2.45, 2.75) is 31.9 Å². The molecule has 4 rings (SSSR count). The Morgan fingerprint density at radius 2 is 2.05 bits per heavy atom. The Kier molecular flexibility index (Phi) is 9.31. The van der Waals surface area contributed by atoms with Gasteiger partial charge >= 0.3 is 5.97 Å². The fourth-order valence-electron chi connectivity index (χ4n) is 5.15. The first-order valence-corrected chi connectivity index (χ1v) is 12.9. The monoisotopic (exact) mass is 562 g/mol. The maximum Gasteiger partial charge on any atom is 0.303 e. The quantitative estimate of drug-likeness (QED) is 0.191. The van der Waals surface area contributed by atoms with Crippen molar-refractivity contribution in [2.24, 2.45) is 11.8 Å². The minimum Gasteiger partial charge on any atom is -0.497 e. The van der Waals surface area contributed by atoms with Gasteiger partial charge < -0.3 is 9.84 Å². The van der Waals surface area contributed by atoms with E-state index in [-0.39, 0.29) is 41.8 Å². The van der Waals surface area contributed by atoms with Crippen LogP contribution in [0.1, 0.15) is 43.0 Å². The molecule has 3 atom stereocenters. The van der Waals surface area contributed by atoms with Crippen LogP contribution < -0.4 is 4.74 Å². The summed E-state index contributed by atoms with van der Waals surface area (Å²) in [5.74, 6) is 1.04. The summed E-state index contributed by atoms with van der Waals surface area (Å²) in [5, 5.41) is 10.3. The lowest BCUT2D eigenvalue weighted by molar-refractivity contribution is -0.139. The maximum atomic E-state index is 15.6. The van der Waals surface area contributed by atoms with Crippen molar-refractivity contribution in [1.29, 1.82) is 0 Å². The Balaban J connectivity index is 1.43. The van der Waals surface area contributed by atoms with E-state index in [0.29, 0.717) is 54.2 Å². The van der Waals surface area contributed by atoms with Crippen LogP contribution >= 0.6 is 11.6 Å². The largest absolute Gasteiger partial charge is 0.497 e. The first-order valence-electron chi connectivity index (χ1n) is 12.5. The van der Waals surface area contributed by atoms with E-state index in [0.717, 1.165) is 6.07 Å². The summed E-state index contributed by atoms with van der Waals surface area (Å²) in [5.41, 5.74) is 0.555. The highest BCUT2D eigenvalue weighted by Gasteiger charge is 2.31. The molecule has 0 amide bonds. The summed E-state index contributed by atoms with van der Waals surface area (Å²) >= 11 is 6.35. The van der Waals surface area contributed by atoms with Gasteiger partial charge in [-0.3, -0.25) is 14.7 Å². The molecule has 3 aromatic rings. The van der Waals surface area contributed by atoms with E-state index in [1.165, 1.54) is 13.3 Å². The van der Waals surface area contributed by atoms with Crippen LogP contribution in [0.3, 0.4) is 0 Å². The number of methoxy groups -OCH3 is 1. The standard InChI is InChI=1S/C29H27ClF4N2O3/c1-39-21-5-7-26-22(14-21)28(23(30)15-35-26)24(32)6-4-17-8-10-36(16-19(17)12-27(37)38)9-2-3-18-11-20(31)13-25(33)29(18)34/h5,7,11,13-15,17,19,24H,4,6,8-10,12,16H2,1H3,(H,37,38)/t17-,19+,24+/m1/s1. The molecule has 10 heteroatoms. The second kappa shape index (κ2) is 12.7. The zero-order chi connectivity index (χ0) is 28.1. The first kappa shape index (κ1) is 28.7. The summed E-state index contributed by atoms with van der Waals surface area (Å²) in [6.07, 6.45) is 1.18. The van der Waals surface area contributed by atoms with Crippen molar-refractivity contribution in [2.75, 3.05) is 26.7 Å². The molecule has 1 aliphatic heterocycles. The van der Waals surface area contributed by atoms with Gasteiger partial charge in [0.15, 0.2) is 11.6 Å². The molecule has 0 radical (unpaired) electrons. The Labute approximate surface area is 228 Å². The highest BCUT2D eigenvalue weighted by atomic mass is 35.5. The lowest BCUT2D eigenvalue weighted by Crippen LogP contribution is -2.41. The number of aromatic nitrogens is 1. The number of alkyl halides is 1. The third kappa shape index (κ3) is 7.00. The number of piperidine rings is 1. The number of fused-ring (bicyclic) bond motifs is 1. The van der Waals surface area contributed by atoms with E-state index >= 15 is 4.39 Å². The predicted octanol–water partition coefficient (Wildman–Crippen LogP) is 6.57. The minimum atomic E-state index is -1.38. The van der Waals surface area contributed by atoms with Crippen molar-refractivity contribution < 1.29 is 32.2 Å². The second-order valence-corrected chi connectivity index (χ2v) is 10.0. The van der Waals surface area contributed by atoms with Crippen molar-refractivity contribution in [3.8, 4) is 17.6 Å². The molecular formula is C29H27ClF4N2O3. The molecule has 2 aromatic carbocycles. The number of hydrogen-bond donors (Lipinski definition) is 1. The van der Waals surface area contributed by atoms with Crippen molar-refractivity contribution in [3.05, 3.63) is 70.1 Å². The van der Waals surface area contributed by atoms with Crippen LogP contribution in [0.15, 0.2) is 36.5 Å². The number of benzene rings is 2. The van der Waals surface area contributed by atoms with Crippen LogP contribution in [-0.4, -0.2) is 47.7 Å². The minimum absolute atomic E-state index is 0.0419. The number of likely N-dealkylation sites (tertiary alicyclic amines) is 1. The molecule has 1 saturated heterocycles. The zero-order valence-electron chi connectivity index (χ0n) is 21.2. The average molecular weight is 563 g/mol. The van der Waals surface area contributed by atoms with Crippen molar-refractivity contribution in [1.82, 2.24) is 9.88 Å². The average Bonchev–Trinajstić information content (AvgIpc) is 2.90. The summed E-state index contributed by atoms with van der Waals surface area (Å²) in [7, 11) is 1.52. The predicted molar refractivity (Wildman–Crippen MR) is 140 cm³/mol. The first-order chi connectivity index (χ1) is 18.7. The van der Waals surface area contributed by atoms with Crippen molar-refractivity contribution >= 4 is 28.5 Å². The Morgan fingerprint density at radius 3 is 2.79 bits per heavy atom. The molecule has 2 heterocycles. The lowest BCUT2D eigenvalue weighted by atomic mass is 9.79. The zero-order valence-corrected chi connectivity index (χ0v) is 21.9. The van der Waals surface area contributed by atoms with Crippen LogP contribution in [-0.2, 0) is 4.79 Å². The Bertz CT molecular complexity index is 1430. The molecule has 39 heavy (non-hydrogen) atoms. The molecule has 0 saturated carbocycles. The molecule has 206 valence electrons. The number of halogens is 5. The third-order valence-electron chi connectivity index (χ3n) is 7.10. The van der Waals surface area contributed by atoms with Gasteiger partial charge in [-0.15, -0.1) is 0 Å². The van der Waals surface area contributed by atoms with Gasteiger partial charge in [0.2, 0.25) is 0 Å². The molecule has 1 aliphatic rings. The Hall–Kier alpha value is -3.35. The summed E-state index contributed by atoms with van der Waals surface area (Å²) in [6.45, 7) is 1.15. The molecular weight excluding hydrogens is 536 g/mol. The normalized spacial score (nSPS) is 18.4. The highest BCUT2D eigenvalue weighted by Crippen LogP contribution is 2.39. The molecule has 1 fully saturated rings. The van der Waals surface area contributed by atoms with E-state index < -0.39 is 29.6 Å². The van der Waals surface area contributed by atoms with E-state index in [1.807, 2.05) is 4.90 Å². The van der Waals surface area contributed by atoms with Crippen molar-refractivity contribution in [3.63, 3.8) is 0 Å². The van der Waals surface area contributed by atoms with E-state index in [4.69, 9.17) is 16.3 Å². The number of ether oxygens (including phenoxy) is 1. The fraction of sp³-hybridized carbons (Fsp3) is 0.379. The SMILES string of the molecule is COc1ccc2ncc(Cl)c([C@@H](F)CC[C@@H]3CCN(CC#Cc4cc(F)cc(F)c4F)C[C@@H]3CC(=O)O)c2c1. The lowest BCUT2D eigenvalue weighted by Gasteiger charge is -2.37. The van der Waals surface area contributed by atoms with E-state index in [2.05, 4.69) is 16.8 Å². The van der Waals surface area contributed by atoms with Gasteiger partial charge in [-0.05, 0) is 61.9 Å². The smallest absolute Gasteiger partial charge is 0.303 e. The van der Waals surface area contributed by atoms with E-state index in [9.17, 15) is 23.1 Å². The molecule has 5 nitrogen and oxygen atoms in total. The van der Waals surface area contributed by atoms with Crippen LogP contribution in [0.5, 0.6) is 5.75 Å². The number of carboxylic acids is 1. The van der Waals surface area contributed by atoms with Gasteiger partial charge in [-0.2, -0.15) is 0 Å². The molecule has 0 aliphatic carbocycles. The van der Waals surface area contributed by atoms with Gasteiger partial charge in [0, 0.05) is 36.2 Å². The molecule has 0 unspecified atom stereocenters. The number of aliphatic carboxylic acids is 1. The fourth-order valence-corrected chi connectivity index (χ4v) is 5.42. The Morgan fingerprint density at radius 1 is 1.26 bits per heavy atom. The number of pyridine rings is 1. The number of carboxylic acid groups (broad SMARTS) is 1. The second-order valence-electron chi connectivity index (χ2n) is 9.64. The summed E-state index contributed by atoms with van der Waals surface area (Å²) in [4.78, 5) is 17.7. The number of carbonyl (C=O) groups is 1. The third-order valence-corrected chi connectivity index (χ3v) is 7.40. The summed E-state index contributed by atoms with van der Waals surface area (Å²) < 4.78 is 61.5. The number of hydrogen-bond acceptors (Lipinski definition) is 4. The topological polar surface area (TPSA) is 62.7 Å². The van der Waals surface area contributed by atoms with Gasteiger partial charge in [0.25, 0.3) is 0 Å². The van der Waals surface area contributed by atoms with Crippen LogP contribution in [0.2, 0.25) is 5.02 Å². The highest BCUT2D eigenvalue weighted by molar-refractivity contribution is 6.32. The maximum absolute atomic E-state index is 15.6. The van der Waals surface area contributed by atoms with Crippen LogP contribution in [0.4, 0.5) is 17.6 Å². The molecule has 1 aromatic heterocycles. The van der Waals surface area contributed by atoms with Crippen LogP contribution in [0, 0.1) is 41.1 Å². The van der Waals surface area contributed by atoms with Crippen LogP contribution in [0.25, 0.3) is 10.9 Å². The number of rotatable bonds is 8. The molecule has 0 spiro atoms. The molecule has 1 N–H and O–H groups in total. The summed E-state index contributed by atoms with van der Waals surface area (Å²) in [6, 6.07) is 6.45. The van der Waals surface area contributed by atoms with Gasteiger partial charge in [-0.25, -0.2) is 17.6 Å². The van der Waals surface area contributed by atoms with Gasteiger partial charge in [0.1, 0.15) is 17.7 Å². The molecule has 0 bridgehead atoms. The number of nitrogens with zero attached hydrogens (tertiary/aromatic N) is 2.